The maximum atomic E-state index is 4.44. The van der Waals surface area contributed by atoms with Gasteiger partial charge in [-0.1, -0.05) is 25.8 Å². The molecule has 0 amide bonds. The van der Waals surface area contributed by atoms with E-state index in [0.29, 0.717) is 12.0 Å². The molecule has 1 aromatic heterocycles. The average molecular weight is 204 g/mol. The number of nitrogens with zero attached hydrogens (tertiary/aromatic N) is 1. The van der Waals surface area contributed by atoms with Crippen molar-refractivity contribution in [3.63, 3.8) is 0 Å². The number of pyridine rings is 1. The van der Waals surface area contributed by atoms with Crippen LogP contribution in [0.4, 0.5) is 0 Å². The molecule has 0 aromatic carbocycles. The lowest BCUT2D eigenvalue weighted by molar-refractivity contribution is 0.428. The van der Waals surface area contributed by atoms with Crippen LogP contribution in [0.1, 0.15) is 37.8 Å². The van der Waals surface area contributed by atoms with E-state index < -0.39 is 0 Å². The molecule has 1 fully saturated rings. The highest BCUT2D eigenvalue weighted by Gasteiger charge is 2.28. The first-order chi connectivity index (χ1) is 7.31. The van der Waals surface area contributed by atoms with Crippen LogP contribution in [0.5, 0.6) is 0 Å². The Hall–Kier alpha value is -0.890. The largest absolute Gasteiger partial charge is 0.316 e. The van der Waals surface area contributed by atoms with Crippen LogP contribution in [-0.4, -0.2) is 18.1 Å². The van der Waals surface area contributed by atoms with Gasteiger partial charge >= 0.3 is 0 Å². The number of likely N-dealkylation sites (N-methyl/N-ethyl adjacent to an activating group) is 1. The van der Waals surface area contributed by atoms with Gasteiger partial charge in [0.1, 0.15) is 0 Å². The third-order valence-electron chi connectivity index (χ3n) is 3.41. The lowest BCUT2D eigenvalue weighted by Crippen LogP contribution is -2.31. The Labute approximate surface area is 92.1 Å². The topological polar surface area (TPSA) is 24.9 Å². The van der Waals surface area contributed by atoms with Crippen molar-refractivity contribution in [1.82, 2.24) is 10.3 Å². The number of hydrogen-bond donors (Lipinski definition) is 1. The van der Waals surface area contributed by atoms with E-state index in [1.54, 1.807) is 0 Å². The van der Waals surface area contributed by atoms with E-state index in [0.717, 1.165) is 5.92 Å². The first kappa shape index (κ1) is 10.6. The molecule has 82 valence electrons. The van der Waals surface area contributed by atoms with Crippen LogP contribution < -0.4 is 5.32 Å². The second kappa shape index (κ2) is 4.75. The third kappa shape index (κ3) is 2.78. The number of hydrogen-bond acceptors (Lipinski definition) is 2. The molecule has 2 heteroatoms. The summed E-state index contributed by atoms with van der Waals surface area (Å²) in [6.07, 6.45) is 6.03. The standard InChI is InChI=1S/C13H20N2/c1-10(12-5-3-4-8-15-12)13(14-2)9-11-6-7-11/h3-5,8,10-11,13-14H,6-7,9H2,1-2H3. The molecule has 2 rings (SSSR count). The highest BCUT2D eigenvalue weighted by atomic mass is 14.9. The van der Waals surface area contributed by atoms with Gasteiger partial charge in [-0.3, -0.25) is 4.98 Å². The van der Waals surface area contributed by atoms with Gasteiger partial charge in [0.2, 0.25) is 0 Å². The molecule has 15 heavy (non-hydrogen) atoms. The van der Waals surface area contributed by atoms with Crippen LogP contribution in [0.15, 0.2) is 24.4 Å². The Morgan fingerprint density at radius 2 is 2.27 bits per heavy atom. The fourth-order valence-electron chi connectivity index (χ4n) is 2.14. The Bertz CT molecular complexity index is 293. The Morgan fingerprint density at radius 1 is 1.47 bits per heavy atom. The van der Waals surface area contributed by atoms with Gasteiger partial charge in [-0.15, -0.1) is 0 Å². The SMILES string of the molecule is CNC(CC1CC1)C(C)c1ccccn1. The summed E-state index contributed by atoms with van der Waals surface area (Å²) in [7, 11) is 2.06. The molecule has 0 saturated heterocycles. The van der Waals surface area contributed by atoms with Crippen LogP contribution in [0, 0.1) is 5.92 Å². The van der Waals surface area contributed by atoms with Gasteiger partial charge in [-0.05, 0) is 31.5 Å². The Balaban J connectivity index is 2.00. The molecular weight excluding hydrogens is 184 g/mol. The molecule has 0 aliphatic heterocycles. The smallest absolute Gasteiger partial charge is 0.0447 e. The van der Waals surface area contributed by atoms with Crippen molar-refractivity contribution in [3.05, 3.63) is 30.1 Å². The van der Waals surface area contributed by atoms with E-state index in [9.17, 15) is 0 Å². The van der Waals surface area contributed by atoms with Crippen LogP contribution in [-0.2, 0) is 0 Å². The van der Waals surface area contributed by atoms with Gasteiger partial charge in [-0.25, -0.2) is 0 Å². The average Bonchev–Trinajstić information content (AvgIpc) is 3.10. The summed E-state index contributed by atoms with van der Waals surface area (Å²) < 4.78 is 0. The zero-order chi connectivity index (χ0) is 10.7. The summed E-state index contributed by atoms with van der Waals surface area (Å²) in [6, 6.07) is 6.75. The zero-order valence-electron chi connectivity index (χ0n) is 9.61. The normalized spacial score (nSPS) is 19.9. The van der Waals surface area contributed by atoms with Gasteiger partial charge in [0.15, 0.2) is 0 Å². The highest BCUT2D eigenvalue weighted by molar-refractivity contribution is 5.11. The summed E-state index contributed by atoms with van der Waals surface area (Å²) in [6.45, 7) is 2.27. The van der Waals surface area contributed by atoms with Gasteiger partial charge < -0.3 is 5.32 Å². The van der Waals surface area contributed by atoms with Gasteiger partial charge in [0.05, 0.1) is 0 Å². The molecule has 0 radical (unpaired) electrons. The molecule has 2 nitrogen and oxygen atoms in total. The minimum Gasteiger partial charge on any atom is -0.316 e. The molecule has 1 heterocycles. The van der Waals surface area contributed by atoms with Crippen molar-refractivity contribution in [2.75, 3.05) is 7.05 Å². The van der Waals surface area contributed by atoms with Crippen LogP contribution in [0.3, 0.4) is 0 Å². The molecule has 1 saturated carbocycles. The van der Waals surface area contributed by atoms with Crippen molar-refractivity contribution < 1.29 is 0 Å². The molecule has 1 aliphatic rings. The lowest BCUT2D eigenvalue weighted by Gasteiger charge is -2.23. The second-order valence-electron chi connectivity index (χ2n) is 4.62. The van der Waals surface area contributed by atoms with Gasteiger partial charge in [-0.2, -0.15) is 0 Å². The molecule has 1 aromatic rings. The summed E-state index contributed by atoms with van der Waals surface area (Å²) >= 11 is 0. The summed E-state index contributed by atoms with van der Waals surface area (Å²) in [5.74, 6) is 1.48. The van der Waals surface area contributed by atoms with Crippen LogP contribution >= 0.6 is 0 Å². The van der Waals surface area contributed by atoms with Gasteiger partial charge in [0, 0.05) is 23.9 Å². The van der Waals surface area contributed by atoms with E-state index in [4.69, 9.17) is 0 Å². The van der Waals surface area contributed by atoms with Crippen molar-refractivity contribution >= 4 is 0 Å². The predicted molar refractivity (Wildman–Crippen MR) is 62.8 cm³/mol. The van der Waals surface area contributed by atoms with E-state index >= 15 is 0 Å². The summed E-state index contributed by atoms with van der Waals surface area (Å²) in [4.78, 5) is 4.44. The monoisotopic (exact) mass is 204 g/mol. The van der Waals surface area contributed by atoms with Crippen LogP contribution in [0.25, 0.3) is 0 Å². The summed E-state index contributed by atoms with van der Waals surface area (Å²) in [5, 5.41) is 3.43. The second-order valence-corrected chi connectivity index (χ2v) is 4.62. The fourth-order valence-corrected chi connectivity index (χ4v) is 2.14. The lowest BCUT2D eigenvalue weighted by atomic mass is 9.93. The minimum absolute atomic E-state index is 0.511. The molecule has 1 N–H and O–H groups in total. The van der Waals surface area contributed by atoms with Crippen molar-refractivity contribution in [2.24, 2.45) is 5.92 Å². The number of aromatic nitrogens is 1. The molecular formula is C13H20N2. The van der Waals surface area contributed by atoms with E-state index in [1.807, 2.05) is 12.3 Å². The highest BCUT2D eigenvalue weighted by Crippen LogP contribution is 2.36. The molecule has 2 unspecified atom stereocenters. The fraction of sp³-hybridized carbons (Fsp3) is 0.615. The predicted octanol–water partition coefficient (Wildman–Crippen LogP) is 2.57. The van der Waals surface area contributed by atoms with E-state index in [1.165, 1.54) is 25.0 Å². The van der Waals surface area contributed by atoms with Gasteiger partial charge in [0.25, 0.3) is 0 Å². The zero-order valence-corrected chi connectivity index (χ0v) is 9.61. The maximum Gasteiger partial charge on any atom is 0.0447 e. The molecule has 2 atom stereocenters. The molecule has 0 spiro atoms. The Kier molecular flexibility index (Phi) is 3.37. The minimum atomic E-state index is 0.511. The van der Waals surface area contributed by atoms with Crippen molar-refractivity contribution in [1.29, 1.82) is 0 Å². The summed E-state index contributed by atoms with van der Waals surface area (Å²) in [5.41, 5.74) is 1.21. The molecule has 1 aliphatic carbocycles. The number of nitrogens with one attached hydrogen (secondary N) is 1. The van der Waals surface area contributed by atoms with Crippen LogP contribution in [0.2, 0.25) is 0 Å². The Morgan fingerprint density at radius 3 is 2.80 bits per heavy atom. The van der Waals surface area contributed by atoms with Crippen molar-refractivity contribution in [3.8, 4) is 0 Å². The maximum absolute atomic E-state index is 4.44. The van der Waals surface area contributed by atoms with E-state index in [2.05, 4.69) is 36.4 Å². The first-order valence-corrected chi connectivity index (χ1v) is 5.89. The van der Waals surface area contributed by atoms with Crippen molar-refractivity contribution in [2.45, 2.75) is 38.1 Å². The molecule has 0 bridgehead atoms. The quantitative estimate of drug-likeness (QED) is 0.797. The first-order valence-electron chi connectivity index (χ1n) is 5.89. The van der Waals surface area contributed by atoms with E-state index in [-0.39, 0.29) is 0 Å². The third-order valence-corrected chi connectivity index (χ3v) is 3.41. The number of rotatable bonds is 5.